The first kappa shape index (κ1) is 16.4. The summed E-state index contributed by atoms with van der Waals surface area (Å²) >= 11 is 0. The fraction of sp³-hybridized carbons (Fsp3) is 0.636. The summed E-state index contributed by atoms with van der Waals surface area (Å²) in [7, 11) is 0. The van der Waals surface area contributed by atoms with E-state index in [9.17, 15) is 0 Å². The van der Waals surface area contributed by atoms with E-state index in [-0.39, 0.29) is 0 Å². The van der Waals surface area contributed by atoms with E-state index in [2.05, 4.69) is 59.2 Å². The summed E-state index contributed by atoms with van der Waals surface area (Å²) in [5.41, 5.74) is 1.45. The van der Waals surface area contributed by atoms with E-state index in [1.807, 2.05) is 0 Å². The Morgan fingerprint density at radius 3 is 2.46 bits per heavy atom. The first-order valence-corrected chi connectivity index (χ1v) is 10.0. The predicted molar refractivity (Wildman–Crippen MR) is 101 cm³/mol. The molecule has 2 bridgehead atoms. The van der Waals surface area contributed by atoms with Gasteiger partial charge in [0.15, 0.2) is 0 Å². The molecule has 1 aromatic carbocycles. The van der Waals surface area contributed by atoms with Gasteiger partial charge in [0.05, 0.1) is 0 Å². The molecule has 1 heterocycles. The van der Waals surface area contributed by atoms with Crippen LogP contribution in [0.15, 0.2) is 42.5 Å². The largest absolute Gasteiger partial charge is 0.303 e. The Balaban J connectivity index is 1.26. The van der Waals surface area contributed by atoms with Gasteiger partial charge in [0.1, 0.15) is 0 Å². The Kier molecular flexibility index (Phi) is 5.05. The Labute approximate surface area is 147 Å². The highest BCUT2D eigenvalue weighted by Crippen LogP contribution is 2.43. The monoisotopic (exact) mass is 324 g/mol. The fourth-order valence-corrected chi connectivity index (χ4v) is 5.22. The van der Waals surface area contributed by atoms with Crippen molar-refractivity contribution < 1.29 is 0 Å². The van der Waals surface area contributed by atoms with Crippen LogP contribution >= 0.6 is 0 Å². The highest BCUT2D eigenvalue weighted by atomic mass is 15.2. The van der Waals surface area contributed by atoms with Crippen LogP contribution in [0.3, 0.4) is 0 Å². The minimum absolute atomic E-state index is 0.770. The molecule has 1 saturated carbocycles. The summed E-state index contributed by atoms with van der Waals surface area (Å²) in [6.07, 6.45) is 10.6. The van der Waals surface area contributed by atoms with Crippen LogP contribution in [0.5, 0.6) is 0 Å². The molecule has 130 valence electrons. The van der Waals surface area contributed by atoms with E-state index in [4.69, 9.17) is 0 Å². The second-order valence-electron chi connectivity index (χ2n) is 8.12. The lowest BCUT2D eigenvalue weighted by Gasteiger charge is -2.39. The number of piperidine rings is 1. The molecule has 1 aliphatic heterocycles. The zero-order valence-corrected chi connectivity index (χ0v) is 15.1. The summed E-state index contributed by atoms with van der Waals surface area (Å²) in [6, 6.07) is 11.7. The topological polar surface area (TPSA) is 6.48 Å². The standard InChI is InChI=1S/C22H32N2/c1-2-24(16-18-6-4-3-5-7-18)22-10-12-23(13-11-22)17-21-15-19-8-9-20(21)14-19/h3-9,19-22H,2,10-17H2,1H3/t19-,20-,21-/m0/s1. The molecule has 3 atom stereocenters. The molecule has 2 aliphatic carbocycles. The quantitative estimate of drug-likeness (QED) is 0.724. The smallest absolute Gasteiger partial charge is 0.0236 e. The van der Waals surface area contributed by atoms with Crippen molar-refractivity contribution >= 4 is 0 Å². The van der Waals surface area contributed by atoms with Gasteiger partial charge >= 0.3 is 0 Å². The Morgan fingerprint density at radius 2 is 1.83 bits per heavy atom. The molecule has 3 aliphatic rings. The Bertz CT molecular complexity index is 544. The molecule has 2 nitrogen and oxygen atoms in total. The molecular weight excluding hydrogens is 292 g/mol. The molecular formula is C22H32N2. The minimum Gasteiger partial charge on any atom is -0.303 e. The van der Waals surface area contributed by atoms with Crippen LogP contribution in [0.4, 0.5) is 0 Å². The first-order valence-electron chi connectivity index (χ1n) is 10.0. The van der Waals surface area contributed by atoms with Crippen LogP contribution in [0.25, 0.3) is 0 Å². The molecule has 24 heavy (non-hydrogen) atoms. The average Bonchev–Trinajstić information content (AvgIpc) is 3.24. The Hall–Kier alpha value is -1.12. The highest BCUT2D eigenvalue weighted by Gasteiger charge is 2.37. The number of hydrogen-bond acceptors (Lipinski definition) is 2. The van der Waals surface area contributed by atoms with Crippen molar-refractivity contribution in [2.24, 2.45) is 17.8 Å². The third-order valence-electron chi connectivity index (χ3n) is 6.62. The molecule has 2 heteroatoms. The maximum atomic E-state index is 2.76. The van der Waals surface area contributed by atoms with Gasteiger partial charge in [-0.3, -0.25) is 4.90 Å². The summed E-state index contributed by atoms with van der Waals surface area (Å²) in [5, 5.41) is 0. The van der Waals surface area contributed by atoms with Gasteiger partial charge < -0.3 is 4.90 Å². The number of fused-ring (bicyclic) bond motifs is 2. The van der Waals surface area contributed by atoms with Gasteiger partial charge in [-0.05, 0) is 68.6 Å². The zero-order valence-electron chi connectivity index (χ0n) is 15.1. The molecule has 0 amide bonds. The van der Waals surface area contributed by atoms with E-state index < -0.39 is 0 Å². The molecule has 0 radical (unpaired) electrons. The number of rotatable bonds is 6. The highest BCUT2D eigenvalue weighted by molar-refractivity contribution is 5.14. The molecule has 1 saturated heterocycles. The summed E-state index contributed by atoms with van der Waals surface area (Å²) < 4.78 is 0. The lowest BCUT2D eigenvalue weighted by molar-refractivity contribution is 0.0946. The van der Waals surface area contributed by atoms with E-state index in [1.165, 1.54) is 50.9 Å². The lowest BCUT2D eigenvalue weighted by atomic mass is 9.92. The molecule has 0 unspecified atom stereocenters. The maximum absolute atomic E-state index is 2.76. The second-order valence-corrected chi connectivity index (χ2v) is 8.12. The van der Waals surface area contributed by atoms with Crippen molar-refractivity contribution in [2.75, 3.05) is 26.2 Å². The van der Waals surface area contributed by atoms with Crippen LogP contribution in [0.1, 0.15) is 38.2 Å². The summed E-state index contributed by atoms with van der Waals surface area (Å²) in [5.74, 6) is 2.76. The van der Waals surface area contributed by atoms with Crippen molar-refractivity contribution in [3.63, 3.8) is 0 Å². The fourth-order valence-electron chi connectivity index (χ4n) is 5.22. The molecule has 4 rings (SSSR count). The number of allylic oxidation sites excluding steroid dienone is 2. The first-order chi connectivity index (χ1) is 11.8. The predicted octanol–water partition coefficient (Wildman–Crippen LogP) is 4.19. The summed E-state index contributed by atoms with van der Waals surface area (Å²) in [6.45, 7) is 8.54. The molecule has 0 spiro atoms. The maximum Gasteiger partial charge on any atom is 0.0236 e. The number of nitrogens with zero attached hydrogens (tertiary/aromatic N) is 2. The average molecular weight is 325 g/mol. The molecule has 0 N–H and O–H groups in total. The van der Waals surface area contributed by atoms with E-state index in [1.54, 1.807) is 0 Å². The van der Waals surface area contributed by atoms with Gasteiger partial charge in [-0.25, -0.2) is 0 Å². The summed E-state index contributed by atoms with van der Waals surface area (Å²) in [4.78, 5) is 5.44. The Morgan fingerprint density at radius 1 is 1.04 bits per heavy atom. The van der Waals surface area contributed by atoms with Gasteiger partial charge in [-0.15, -0.1) is 0 Å². The van der Waals surface area contributed by atoms with Crippen LogP contribution in [0.2, 0.25) is 0 Å². The van der Waals surface area contributed by atoms with Crippen LogP contribution < -0.4 is 0 Å². The van der Waals surface area contributed by atoms with E-state index in [0.29, 0.717) is 0 Å². The normalized spacial score (nSPS) is 30.5. The SMILES string of the molecule is CCN(Cc1ccccc1)C1CCN(C[C@@H]2C[C@H]3C=C[C@H]2C3)CC1. The lowest BCUT2D eigenvalue weighted by Crippen LogP contribution is -2.46. The van der Waals surface area contributed by atoms with Gasteiger partial charge in [-0.2, -0.15) is 0 Å². The minimum atomic E-state index is 0.770. The van der Waals surface area contributed by atoms with Crippen LogP contribution in [-0.2, 0) is 6.54 Å². The molecule has 2 fully saturated rings. The van der Waals surface area contributed by atoms with Crippen molar-refractivity contribution in [1.82, 2.24) is 9.80 Å². The van der Waals surface area contributed by atoms with E-state index >= 15 is 0 Å². The number of likely N-dealkylation sites (tertiary alicyclic amines) is 1. The van der Waals surface area contributed by atoms with Crippen molar-refractivity contribution in [1.29, 1.82) is 0 Å². The molecule has 1 aromatic rings. The van der Waals surface area contributed by atoms with E-state index in [0.717, 1.165) is 36.9 Å². The van der Waals surface area contributed by atoms with Gasteiger partial charge in [0, 0.05) is 19.1 Å². The van der Waals surface area contributed by atoms with Gasteiger partial charge in [0.25, 0.3) is 0 Å². The van der Waals surface area contributed by atoms with Gasteiger partial charge in [0.2, 0.25) is 0 Å². The number of hydrogen-bond donors (Lipinski definition) is 0. The van der Waals surface area contributed by atoms with Crippen molar-refractivity contribution in [3.8, 4) is 0 Å². The van der Waals surface area contributed by atoms with Crippen molar-refractivity contribution in [3.05, 3.63) is 48.0 Å². The molecule has 0 aromatic heterocycles. The number of benzene rings is 1. The zero-order chi connectivity index (χ0) is 16.4. The van der Waals surface area contributed by atoms with Crippen LogP contribution in [-0.4, -0.2) is 42.0 Å². The third kappa shape index (κ3) is 3.60. The third-order valence-corrected chi connectivity index (χ3v) is 6.62. The van der Waals surface area contributed by atoms with Gasteiger partial charge in [-0.1, -0.05) is 49.4 Å². The second kappa shape index (κ2) is 7.41. The van der Waals surface area contributed by atoms with Crippen LogP contribution in [0, 0.1) is 17.8 Å². The van der Waals surface area contributed by atoms with Crippen molar-refractivity contribution in [2.45, 2.75) is 45.2 Å².